The van der Waals surface area contributed by atoms with E-state index >= 15 is 0 Å². The minimum absolute atomic E-state index is 0.117. The first-order valence-corrected chi connectivity index (χ1v) is 14.6. The molecule has 1 saturated heterocycles. The van der Waals surface area contributed by atoms with Gasteiger partial charge in [-0.25, -0.2) is 0 Å². The van der Waals surface area contributed by atoms with Crippen LogP contribution in [0.3, 0.4) is 0 Å². The van der Waals surface area contributed by atoms with Gasteiger partial charge in [-0.1, -0.05) is 97.9 Å². The molecule has 3 aromatic carbocycles. The smallest absolute Gasteiger partial charge is 0.234 e. The maximum atomic E-state index is 13.7. The van der Waals surface area contributed by atoms with Gasteiger partial charge in [0.05, 0.1) is 11.6 Å². The van der Waals surface area contributed by atoms with E-state index in [2.05, 4.69) is 23.9 Å². The van der Waals surface area contributed by atoms with Crippen molar-refractivity contribution in [2.75, 3.05) is 39.3 Å². The summed E-state index contributed by atoms with van der Waals surface area (Å²) in [6.45, 7) is 7.46. The highest BCUT2D eigenvalue weighted by atomic mass is 16.5. The van der Waals surface area contributed by atoms with Gasteiger partial charge in [0.25, 0.3) is 0 Å². The molecule has 1 fully saturated rings. The first kappa shape index (κ1) is 29.3. The van der Waals surface area contributed by atoms with Crippen LogP contribution < -0.4 is 4.74 Å². The lowest BCUT2D eigenvalue weighted by atomic mass is 9.90. The van der Waals surface area contributed by atoms with Gasteiger partial charge < -0.3 is 19.3 Å². The molecule has 5 rings (SSSR count). The number of carbonyl (C=O) groups excluding carboxylic acids is 1. The molecule has 0 spiro atoms. The van der Waals surface area contributed by atoms with Crippen LogP contribution in [0.25, 0.3) is 12.2 Å². The average molecular weight is 566 g/mol. The molecular weight excluding hydrogens is 526 g/mol. The molecule has 1 aromatic heterocycles. The van der Waals surface area contributed by atoms with Crippen LogP contribution in [0.15, 0.2) is 95.5 Å². The molecule has 7 heteroatoms. The van der Waals surface area contributed by atoms with Gasteiger partial charge in [-0.15, -0.1) is 0 Å². The third-order valence-electron chi connectivity index (χ3n) is 7.58. The lowest BCUT2D eigenvalue weighted by molar-refractivity contribution is -0.133. The molecule has 0 radical (unpaired) electrons. The number of nitrogens with zero attached hydrogens (tertiary/aromatic N) is 3. The third kappa shape index (κ3) is 7.55. The van der Waals surface area contributed by atoms with Crippen LogP contribution >= 0.6 is 0 Å². The highest BCUT2D eigenvalue weighted by Gasteiger charge is 2.30. The summed E-state index contributed by atoms with van der Waals surface area (Å²) in [6.07, 6.45) is 3.15. The van der Waals surface area contributed by atoms with Crippen molar-refractivity contribution in [3.05, 3.63) is 119 Å². The predicted molar refractivity (Wildman–Crippen MR) is 165 cm³/mol. The standard InChI is InChI=1S/C35H39N3O4/c1-26(2)32-23-31(42-36-32)18-17-27-11-9-10-16-33(27)41-25-30(39)24-37-19-21-38(22-20-37)35(40)34(28-12-5-3-6-13-28)29-14-7-4-8-15-29/h3-18,23,26,30,34,39H,19-22,24-25H2,1-2H3. The zero-order valence-electron chi connectivity index (χ0n) is 24.3. The average Bonchev–Trinajstić information content (AvgIpc) is 3.51. The number of hydrogen-bond acceptors (Lipinski definition) is 6. The van der Waals surface area contributed by atoms with Crippen LogP contribution in [0.1, 0.15) is 53.8 Å². The third-order valence-corrected chi connectivity index (χ3v) is 7.58. The number of aliphatic hydroxyl groups is 1. The lowest BCUT2D eigenvalue weighted by Crippen LogP contribution is -2.52. The zero-order valence-corrected chi connectivity index (χ0v) is 24.3. The molecule has 7 nitrogen and oxygen atoms in total. The largest absolute Gasteiger partial charge is 0.490 e. The van der Waals surface area contributed by atoms with Gasteiger partial charge in [0.2, 0.25) is 5.91 Å². The van der Waals surface area contributed by atoms with Gasteiger partial charge in [0.15, 0.2) is 5.76 Å². The molecule has 0 aliphatic carbocycles. The van der Waals surface area contributed by atoms with E-state index in [4.69, 9.17) is 9.26 Å². The van der Waals surface area contributed by atoms with Crippen molar-refractivity contribution in [1.29, 1.82) is 0 Å². The molecule has 1 aliphatic heterocycles. The summed E-state index contributed by atoms with van der Waals surface area (Å²) in [5.74, 6) is 1.47. The number of aromatic nitrogens is 1. The number of hydrogen-bond donors (Lipinski definition) is 1. The van der Waals surface area contributed by atoms with Crippen LogP contribution in [0.5, 0.6) is 5.75 Å². The monoisotopic (exact) mass is 565 g/mol. The Labute approximate surface area is 248 Å². The Kier molecular flexibility index (Phi) is 9.85. The van der Waals surface area contributed by atoms with E-state index in [0.717, 1.165) is 22.4 Å². The quantitative estimate of drug-likeness (QED) is 0.252. The number of amides is 1. The fourth-order valence-corrected chi connectivity index (χ4v) is 5.21. The molecule has 1 amide bonds. The van der Waals surface area contributed by atoms with E-state index < -0.39 is 6.10 Å². The fraction of sp³-hybridized carbons (Fsp3) is 0.314. The Morgan fingerprint density at radius 1 is 0.905 bits per heavy atom. The van der Waals surface area contributed by atoms with Gasteiger partial charge in [0, 0.05) is 44.4 Å². The van der Waals surface area contributed by atoms with Crippen molar-refractivity contribution in [2.45, 2.75) is 31.8 Å². The van der Waals surface area contributed by atoms with Gasteiger partial charge in [0.1, 0.15) is 18.5 Å². The number of rotatable bonds is 11. The van der Waals surface area contributed by atoms with Crippen LogP contribution in [-0.4, -0.2) is 71.4 Å². The first-order chi connectivity index (χ1) is 20.5. The van der Waals surface area contributed by atoms with Crippen LogP contribution in [-0.2, 0) is 4.79 Å². The van der Waals surface area contributed by atoms with E-state index in [1.54, 1.807) is 0 Å². The molecule has 1 N–H and O–H groups in total. The molecule has 0 bridgehead atoms. The van der Waals surface area contributed by atoms with E-state index in [-0.39, 0.29) is 18.4 Å². The normalized spacial score (nSPS) is 15.0. The Morgan fingerprint density at radius 2 is 1.52 bits per heavy atom. The van der Waals surface area contributed by atoms with Crippen LogP contribution in [0, 0.1) is 0 Å². The minimum atomic E-state index is -0.659. The molecule has 42 heavy (non-hydrogen) atoms. The number of ether oxygens (including phenoxy) is 1. The number of β-amino-alcohol motifs (C(OH)–C–C–N with tert-alkyl or cyclic N) is 1. The van der Waals surface area contributed by atoms with Crippen LogP contribution in [0.2, 0.25) is 0 Å². The molecule has 1 unspecified atom stereocenters. The fourth-order valence-electron chi connectivity index (χ4n) is 5.21. The topological polar surface area (TPSA) is 79.0 Å². The summed E-state index contributed by atoms with van der Waals surface area (Å²) in [5.41, 5.74) is 3.81. The summed E-state index contributed by atoms with van der Waals surface area (Å²) < 4.78 is 11.4. The van der Waals surface area contributed by atoms with E-state index in [0.29, 0.717) is 50.2 Å². The molecule has 1 atom stereocenters. The number of piperazine rings is 1. The highest BCUT2D eigenvalue weighted by molar-refractivity contribution is 5.87. The van der Waals surface area contributed by atoms with Crippen molar-refractivity contribution in [2.24, 2.45) is 0 Å². The van der Waals surface area contributed by atoms with E-state index in [1.807, 2.05) is 108 Å². The maximum Gasteiger partial charge on any atom is 0.234 e. The predicted octanol–water partition coefficient (Wildman–Crippen LogP) is 5.68. The SMILES string of the molecule is CC(C)c1cc(C=Cc2ccccc2OCC(O)CN2CCN(C(=O)C(c3ccccc3)c3ccccc3)CC2)on1. The lowest BCUT2D eigenvalue weighted by Gasteiger charge is -2.37. The number of benzene rings is 3. The van der Waals surface area contributed by atoms with Crippen molar-refractivity contribution < 1.29 is 19.2 Å². The number of carbonyl (C=O) groups is 1. The molecular formula is C35H39N3O4. The first-order valence-electron chi connectivity index (χ1n) is 14.6. The van der Waals surface area contributed by atoms with Crippen molar-refractivity contribution in [3.8, 4) is 5.75 Å². The minimum Gasteiger partial charge on any atom is -0.490 e. The second kappa shape index (κ2) is 14.1. The molecule has 1 aliphatic rings. The summed E-state index contributed by atoms with van der Waals surface area (Å²) in [5, 5.41) is 14.9. The Morgan fingerprint density at radius 3 is 2.14 bits per heavy atom. The number of para-hydroxylation sites is 1. The second-order valence-corrected chi connectivity index (χ2v) is 11.0. The van der Waals surface area contributed by atoms with Crippen LogP contribution in [0.4, 0.5) is 0 Å². The van der Waals surface area contributed by atoms with Gasteiger partial charge in [-0.2, -0.15) is 0 Å². The Balaban J connectivity index is 1.13. The van der Waals surface area contributed by atoms with Gasteiger partial charge >= 0.3 is 0 Å². The van der Waals surface area contributed by atoms with Crippen molar-refractivity contribution in [1.82, 2.24) is 15.0 Å². The Bertz CT molecular complexity index is 1400. The molecule has 218 valence electrons. The Hall–Kier alpha value is -4.20. The van der Waals surface area contributed by atoms with E-state index in [1.165, 1.54) is 0 Å². The van der Waals surface area contributed by atoms with E-state index in [9.17, 15) is 9.90 Å². The molecule has 2 heterocycles. The zero-order chi connectivity index (χ0) is 29.3. The summed E-state index contributed by atoms with van der Waals surface area (Å²) in [7, 11) is 0. The molecule has 0 saturated carbocycles. The number of aliphatic hydroxyl groups excluding tert-OH is 1. The second-order valence-electron chi connectivity index (χ2n) is 11.0. The summed E-state index contributed by atoms with van der Waals surface area (Å²) in [6, 6.07) is 29.6. The molecule has 4 aromatic rings. The maximum absolute atomic E-state index is 13.7. The summed E-state index contributed by atoms with van der Waals surface area (Å²) >= 11 is 0. The van der Waals surface area contributed by atoms with Crippen molar-refractivity contribution >= 4 is 18.1 Å². The van der Waals surface area contributed by atoms with Gasteiger partial charge in [-0.3, -0.25) is 9.69 Å². The van der Waals surface area contributed by atoms with Crippen molar-refractivity contribution in [3.63, 3.8) is 0 Å². The highest BCUT2D eigenvalue weighted by Crippen LogP contribution is 2.27. The summed E-state index contributed by atoms with van der Waals surface area (Å²) in [4.78, 5) is 17.9. The van der Waals surface area contributed by atoms with Gasteiger partial charge in [-0.05, 0) is 35.3 Å².